The number of urea groups is 1. The minimum Gasteiger partial charge on any atom is -0.352 e. The largest absolute Gasteiger partial charge is 0.352 e. The summed E-state index contributed by atoms with van der Waals surface area (Å²) >= 11 is 0. The lowest BCUT2D eigenvalue weighted by molar-refractivity contribution is 0.256. The van der Waals surface area contributed by atoms with Crippen molar-refractivity contribution in [1.82, 2.24) is 0 Å². The lowest BCUT2D eigenvalue weighted by Gasteiger charge is -1.62. The number of halogens is 1. The topological polar surface area (TPSA) is 121 Å². The smallest absolute Gasteiger partial charge is 0.309 e. The van der Waals surface area contributed by atoms with Crippen molar-refractivity contribution >= 4 is 18.4 Å². The van der Waals surface area contributed by atoms with Crippen LogP contribution in [0.3, 0.4) is 0 Å². The summed E-state index contributed by atoms with van der Waals surface area (Å²) in [5.41, 5.74) is 8.50. The van der Waals surface area contributed by atoms with Gasteiger partial charge in [-0.3, -0.25) is 11.7 Å². The molecule has 0 aromatic heterocycles. The third-order valence-electron chi connectivity index (χ3n) is 0. The average Bonchev–Trinajstić information content (AvgIpc) is 1.41. The van der Waals surface area contributed by atoms with Crippen LogP contribution in [0.4, 0.5) is 4.79 Å². The van der Waals surface area contributed by atoms with Gasteiger partial charge in [-0.2, -0.15) is 0 Å². The molecule has 0 fully saturated rings. The van der Waals surface area contributed by atoms with Crippen molar-refractivity contribution in [3.8, 4) is 0 Å². The highest BCUT2D eigenvalue weighted by Gasteiger charge is 1.60. The fourth-order valence-electron chi connectivity index (χ4n) is 0. The van der Waals surface area contributed by atoms with E-state index in [1.54, 1.807) is 0 Å². The Bertz CT molecular complexity index is 34.7. The molecule has 7 heavy (non-hydrogen) atoms. The van der Waals surface area contributed by atoms with E-state index < -0.39 is 6.03 Å². The summed E-state index contributed by atoms with van der Waals surface area (Å²) in [7, 11) is 0. The molecule has 0 aliphatic heterocycles. The van der Waals surface area contributed by atoms with E-state index >= 15 is 0 Å². The normalized spacial score (nSPS) is 4.29. The first kappa shape index (κ1) is 16.1. The van der Waals surface area contributed by atoms with E-state index in [1.807, 2.05) is 0 Å². The van der Waals surface area contributed by atoms with E-state index in [-0.39, 0.29) is 12.4 Å². The van der Waals surface area contributed by atoms with Crippen LogP contribution in [0, 0.1) is 0 Å². The van der Waals surface area contributed by atoms with Gasteiger partial charge in [-0.1, -0.05) is 0 Å². The standard InChI is InChI=1S/CH4N2O.ClH.H4N2/c2-1(3)4;;1-2/h(H4,2,3,4);1H;1-2H2. The quantitative estimate of drug-likeness (QED) is 0.229. The van der Waals surface area contributed by atoms with Crippen LogP contribution in [0.5, 0.6) is 0 Å². The molecule has 5 nitrogen and oxygen atoms in total. The number of hydrazine groups is 1. The molecule has 0 unspecified atom stereocenters. The monoisotopic (exact) mass is 128 g/mol. The summed E-state index contributed by atoms with van der Waals surface area (Å²) < 4.78 is 0. The molecular weight excluding hydrogens is 119 g/mol. The van der Waals surface area contributed by atoms with Gasteiger partial charge in [0, 0.05) is 0 Å². The second-order valence-electron chi connectivity index (χ2n) is 0.402. The summed E-state index contributed by atoms with van der Waals surface area (Å²) in [5, 5.41) is 0. The van der Waals surface area contributed by atoms with E-state index in [4.69, 9.17) is 4.79 Å². The first-order valence-electron chi connectivity index (χ1n) is 1.11. The Morgan fingerprint density at radius 2 is 1.14 bits per heavy atom. The number of primary amides is 2. The molecule has 0 aliphatic rings. The molecule has 46 valence electrons. The van der Waals surface area contributed by atoms with Crippen molar-refractivity contribution in [3.63, 3.8) is 0 Å². The van der Waals surface area contributed by atoms with Crippen molar-refractivity contribution in [1.29, 1.82) is 0 Å². The summed E-state index contributed by atoms with van der Waals surface area (Å²) in [6.45, 7) is 0. The zero-order valence-electron chi connectivity index (χ0n) is 3.63. The Balaban J connectivity index is -0.0000000480. The van der Waals surface area contributed by atoms with E-state index in [2.05, 4.69) is 23.2 Å². The molecule has 0 heterocycles. The van der Waals surface area contributed by atoms with E-state index in [0.29, 0.717) is 0 Å². The minimum absolute atomic E-state index is 0. The van der Waals surface area contributed by atoms with Crippen LogP contribution in [-0.4, -0.2) is 6.03 Å². The van der Waals surface area contributed by atoms with E-state index in [1.165, 1.54) is 0 Å². The summed E-state index contributed by atoms with van der Waals surface area (Å²) in [6, 6.07) is -0.833. The third kappa shape index (κ3) is 245. The minimum atomic E-state index is -0.833. The molecular formula is CH9ClN4O. The number of amides is 2. The summed E-state index contributed by atoms with van der Waals surface area (Å²) in [5.74, 6) is 8.00. The van der Waals surface area contributed by atoms with Gasteiger partial charge < -0.3 is 11.5 Å². The molecule has 0 rings (SSSR count). The molecule has 0 aromatic rings. The van der Waals surface area contributed by atoms with Gasteiger partial charge in [-0.15, -0.1) is 12.4 Å². The van der Waals surface area contributed by atoms with Crippen molar-refractivity contribution in [3.05, 3.63) is 0 Å². The predicted octanol–water partition coefficient (Wildman–Crippen LogP) is -1.74. The molecule has 8 N–H and O–H groups in total. The third-order valence-corrected chi connectivity index (χ3v) is 0. The van der Waals surface area contributed by atoms with Gasteiger partial charge in [-0.25, -0.2) is 4.79 Å². The van der Waals surface area contributed by atoms with Crippen LogP contribution in [-0.2, 0) is 0 Å². The molecule has 0 aromatic carbocycles. The van der Waals surface area contributed by atoms with Gasteiger partial charge in [0.1, 0.15) is 0 Å². The number of hydrogen-bond acceptors (Lipinski definition) is 3. The average molecular weight is 129 g/mol. The SMILES string of the molecule is Cl.NC(N)=O.NN. The van der Waals surface area contributed by atoms with Crippen molar-refractivity contribution in [2.75, 3.05) is 0 Å². The fraction of sp³-hybridized carbons (Fsp3) is 0. The molecule has 0 saturated heterocycles. The zero-order valence-corrected chi connectivity index (χ0v) is 4.44. The molecule has 0 aliphatic carbocycles. The van der Waals surface area contributed by atoms with Gasteiger partial charge in [0.2, 0.25) is 0 Å². The predicted molar refractivity (Wildman–Crippen MR) is 29.4 cm³/mol. The van der Waals surface area contributed by atoms with Crippen molar-refractivity contribution in [2.24, 2.45) is 23.2 Å². The van der Waals surface area contributed by atoms with Crippen LogP contribution in [0.1, 0.15) is 0 Å². The molecule has 0 bridgehead atoms. The lowest BCUT2D eigenvalue weighted by atomic mass is 11.2. The highest BCUT2D eigenvalue weighted by Crippen LogP contribution is 1.25. The first-order chi connectivity index (χ1) is 2.73. The second kappa shape index (κ2) is 17.9. The number of hydrogen-bond donors (Lipinski definition) is 4. The van der Waals surface area contributed by atoms with E-state index in [0.717, 1.165) is 0 Å². The molecule has 0 spiro atoms. The summed E-state index contributed by atoms with van der Waals surface area (Å²) in [6.07, 6.45) is 0. The number of nitrogens with two attached hydrogens (primary N) is 4. The molecule has 6 heteroatoms. The Morgan fingerprint density at radius 1 is 1.14 bits per heavy atom. The lowest BCUT2D eigenvalue weighted by Crippen LogP contribution is -2.18. The van der Waals surface area contributed by atoms with Crippen LogP contribution < -0.4 is 23.2 Å². The first-order valence-corrected chi connectivity index (χ1v) is 1.11. The number of carbonyl (C=O) groups is 1. The van der Waals surface area contributed by atoms with Gasteiger partial charge in [0.25, 0.3) is 0 Å². The maximum absolute atomic E-state index is 9.00. The Hall–Kier alpha value is -0.520. The highest BCUT2D eigenvalue weighted by atomic mass is 35.5. The van der Waals surface area contributed by atoms with Crippen LogP contribution in [0.15, 0.2) is 0 Å². The molecule has 0 atom stereocenters. The Morgan fingerprint density at radius 3 is 1.14 bits per heavy atom. The zero-order chi connectivity index (χ0) is 5.58. The molecule has 0 saturated carbocycles. The molecule has 0 radical (unpaired) electrons. The maximum atomic E-state index is 9.00. The van der Waals surface area contributed by atoms with Gasteiger partial charge in [-0.05, 0) is 0 Å². The van der Waals surface area contributed by atoms with Crippen LogP contribution >= 0.6 is 12.4 Å². The van der Waals surface area contributed by atoms with Crippen LogP contribution in [0.2, 0.25) is 0 Å². The second-order valence-corrected chi connectivity index (χ2v) is 0.402. The van der Waals surface area contributed by atoms with Gasteiger partial charge in [0.05, 0.1) is 0 Å². The fourth-order valence-corrected chi connectivity index (χ4v) is 0. The van der Waals surface area contributed by atoms with Gasteiger partial charge in [0.15, 0.2) is 0 Å². The van der Waals surface area contributed by atoms with Crippen LogP contribution in [0.25, 0.3) is 0 Å². The van der Waals surface area contributed by atoms with Crippen molar-refractivity contribution < 1.29 is 4.79 Å². The summed E-state index contributed by atoms with van der Waals surface area (Å²) in [4.78, 5) is 9.00. The van der Waals surface area contributed by atoms with E-state index in [9.17, 15) is 0 Å². The Labute approximate surface area is 47.4 Å². The number of carbonyl (C=O) groups excluding carboxylic acids is 1. The van der Waals surface area contributed by atoms with Gasteiger partial charge >= 0.3 is 6.03 Å². The van der Waals surface area contributed by atoms with Crippen molar-refractivity contribution in [2.45, 2.75) is 0 Å². The highest BCUT2D eigenvalue weighted by molar-refractivity contribution is 5.85. The molecule has 2 amide bonds. The Kier molecular flexibility index (Phi) is 41.0. The number of rotatable bonds is 0. The maximum Gasteiger partial charge on any atom is 0.309 e.